The van der Waals surface area contributed by atoms with Crippen LogP contribution in [0.2, 0.25) is 0 Å². The molecule has 1 amide bonds. The normalized spacial score (nSPS) is 14.3. The molecule has 29 heavy (non-hydrogen) atoms. The SMILES string of the molecule is Cc1nc(Cc2ccc(F)cc2)sc1C(=O)N1CCN(c2ccc(Br)cn2)CC1. The Labute approximate surface area is 181 Å². The zero-order valence-electron chi connectivity index (χ0n) is 15.9. The van der Waals surface area contributed by atoms with E-state index in [0.717, 1.165) is 39.6 Å². The lowest BCUT2D eigenvalue weighted by molar-refractivity contribution is 0.0750. The molecule has 1 saturated heterocycles. The number of carbonyl (C=O) groups is 1. The van der Waals surface area contributed by atoms with Crippen LogP contribution in [0.15, 0.2) is 47.1 Å². The van der Waals surface area contributed by atoms with Gasteiger partial charge in [-0.25, -0.2) is 14.4 Å². The lowest BCUT2D eigenvalue weighted by Gasteiger charge is -2.35. The number of benzene rings is 1. The third-order valence-electron chi connectivity index (χ3n) is 4.91. The van der Waals surface area contributed by atoms with Crippen LogP contribution in [-0.2, 0) is 6.42 Å². The molecule has 1 aromatic carbocycles. The fraction of sp³-hybridized carbons (Fsp3) is 0.286. The topological polar surface area (TPSA) is 49.3 Å². The molecular weight excluding hydrogens is 455 g/mol. The maximum absolute atomic E-state index is 13.1. The number of thiazole rings is 1. The molecule has 0 N–H and O–H groups in total. The van der Waals surface area contributed by atoms with Crippen molar-refractivity contribution in [3.8, 4) is 0 Å². The van der Waals surface area contributed by atoms with Gasteiger partial charge in [-0.2, -0.15) is 0 Å². The Morgan fingerprint density at radius 2 is 1.86 bits per heavy atom. The number of anilines is 1. The molecule has 0 atom stereocenters. The number of rotatable bonds is 4. The standard InChI is InChI=1S/C21H20BrFN4OS/c1-14-20(29-19(25-14)12-15-2-5-17(23)6-3-15)21(28)27-10-8-26(9-11-27)18-7-4-16(22)13-24-18/h2-7,13H,8-12H2,1H3. The molecular formula is C21H20BrFN4OS. The van der Waals surface area contributed by atoms with Gasteiger partial charge in [-0.15, -0.1) is 11.3 Å². The summed E-state index contributed by atoms with van der Waals surface area (Å²) in [6.45, 7) is 4.68. The van der Waals surface area contributed by atoms with E-state index >= 15 is 0 Å². The van der Waals surface area contributed by atoms with Crippen molar-refractivity contribution in [3.05, 3.63) is 74.0 Å². The Morgan fingerprint density at radius 3 is 2.52 bits per heavy atom. The summed E-state index contributed by atoms with van der Waals surface area (Å²) in [5, 5.41) is 0.871. The minimum absolute atomic E-state index is 0.0359. The molecule has 0 saturated carbocycles. The Morgan fingerprint density at radius 1 is 1.14 bits per heavy atom. The van der Waals surface area contributed by atoms with Crippen LogP contribution in [0.25, 0.3) is 0 Å². The molecule has 0 spiro atoms. The summed E-state index contributed by atoms with van der Waals surface area (Å²) in [4.78, 5) is 26.8. The van der Waals surface area contributed by atoms with Crippen LogP contribution >= 0.6 is 27.3 Å². The summed E-state index contributed by atoms with van der Waals surface area (Å²) in [6.07, 6.45) is 2.39. The van der Waals surface area contributed by atoms with Crippen molar-refractivity contribution in [2.45, 2.75) is 13.3 Å². The molecule has 0 radical (unpaired) electrons. The first-order chi connectivity index (χ1) is 14.0. The maximum atomic E-state index is 13.1. The van der Waals surface area contributed by atoms with Gasteiger partial charge in [0.25, 0.3) is 5.91 Å². The quantitative estimate of drug-likeness (QED) is 0.565. The van der Waals surface area contributed by atoms with Gasteiger partial charge in [-0.1, -0.05) is 12.1 Å². The number of aryl methyl sites for hydroxylation is 1. The Hall–Kier alpha value is -2.32. The highest BCUT2D eigenvalue weighted by atomic mass is 79.9. The summed E-state index contributed by atoms with van der Waals surface area (Å²) < 4.78 is 14.0. The fourth-order valence-electron chi connectivity index (χ4n) is 3.34. The van der Waals surface area contributed by atoms with Crippen LogP contribution in [0, 0.1) is 12.7 Å². The molecule has 4 rings (SSSR count). The Kier molecular flexibility index (Phi) is 5.91. The molecule has 8 heteroatoms. The third-order valence-corrected chi connectivity index (χ3v) is 6.52. The fourth-order valence-corrected chi connectivity index (χ4v) is 4.64. The van der Waals surface area contributed by atoms with E-state index in [1.165, 1.54) is 23.5 Å². The lowest BCUT2D eigenvalue weighted by Crippen LogP contribution is -2.49. The van der Waals surface area contributed by atoms with E-state index in [-0.39, 0.29) is 11.7 Å². The van der Waals surface area contributed by atoms with Gasteiger partial charge >= 0.3 is 0 Å². The zero-order chi connectivity index (χ0) is 20.4. The molecule has 3 heterocycles. The number of piperazine rings is 1. The number of halogens is 2. The molecule has 1 aliphatic heterocycles. The zero-order valence-corrected chi connectivity index (χ0v) is 18.3. The highest BCUT2D eigenvalue weighted by Gasteiger charge is 2.26. The second-order valence-electron chi connectivity index (χ2n) is 6.94. The molecule has 0 unspecified atom stereocenters. The largest absolute Gasteiger partial charge is 0.353 e. The number of carbonyl (C=O) groups excluding carboxylic acids is 1. The predicted octanol–water partition coefficient (Wildman–Crippen LogP) is 4.30. The maximum Gasteiger partial charge on any atom is 0.265 e. The monoisotopic (exact) mass is 474 g/mol. The van der Waals surface area contributed by atoms with Crippen LogP contribution in [0.1, 0.15) is 25.9 Å². The summed E-state index contributed by atoms with van der Waals surface area (Å²) in [5.41, 5.74) is 1.74. The van der Waals surface area contributed by atoms with Gasteiger partial charge in [-0.05, 0) is 52.7 Å². The van der Waals surface area contributed by atoms with Crippen LogP contribution in [0.4, 0.5) is 10.2 Å². The van der Waals surface area contributed by atoms with E-state index in [2.05, 4.69) is 30.8 Å². The van der Waals surface area contributed by atoms with Crippen molar-refractivity contribution in [2.75, 3.05) is 31.1 Å². The lowest BCUT2D eigenvalue weighted by atomic mass is 10.1. The summed E-state index contributed by atoms with van der Waals surface area (Å²) in [7, 11) is 0. The first-order valence-corrected chi connectivity index (χ1v) is 11.0. The number of aromatic nitrogens is 2. The van der Waals surface area contributed by atoms with E-state index in [1.54, 1.807) is 18.3 Å². The van der Waals surface area contributed by atoms with Crippen LogP contribution < -0.4 is 4.90 Å². The second kappa shape index (κ2) is 8.59. The second-order valence-corrected chi connectivity index (χ2v) is 8.94. The van der Waals surface area contributed by atoms with E-state index < -0.39 is 0 Å². The predicted molar refractivity (Wildman–Crippen MR) is 116 cm³/mol. The van der Waals surface area contributed by atoms with Crippen molar-refractivity contribution < 1.29 is 9.18 Å². The number of amides is 1. The van der Waals surface area contributed by atoms with Gasteiger partial charge in [0.2, 0.25) is 0 Å². The van der Waals surface area contributed by atoms with Crippen LogP contribution in [0.5, 0.6) is 0 Å². The average molecular weight is 475 g/mol. The minimum atomic E-state index is -0.252. The number of hydrogen-bond donors (Lipinski definition) is 0. The van der Waals surface area contributed by atoms with E-state index in [9.17, 15) is 9.18 Å². The van der Waals surface area contributed by atoms with Crippen molar-refractivity contribution in [2.24, 2.45) is 0 Å². The Bertz CT molecular complexity index is 999. The average Bonchev–Trinajstić information content (AvgIpc) is 3.10. The van der Waals surface area contributed by atoms with Crippen molar-refractivity contribution >= 4 is 39.0 Å². The Balaban J connectivity index is 1.40. The summed E-state index contributed by atoms with van der Waals surface area (Å²) >= 11 is 4.83. The molecule has 1 aliphatic rings. The first-order valence-electron chi connectivity index (χ1n) is 9.36. The summed E-state index contributed by atoms with van der Waals surface area (Å²) in [5.74, 6) is 0.710. The van der Waals surface area contributed by atoms with E-state index in [0.29, 0.717) is 24.4 Å². The minimum Gasteiger partial charge on any atom is -0.353 e. The molecule has 3 aromatic rings. The van der Waals surface area contributed by atoms with Gasteiger partial charge < -0.3 is 9.80 Å². The molecule has 150 valence electrons. The number of pyridine rings is 1. The van der Waals surface area contributed by atoms with Crippen molar-refractivity contribution in [1.82, 2.24) is 14.9 Å². The smallest absolute Gasteiger partial charge is 0.265 e. The van der Waals surface area contributed by atoms with Crippen LogP contribution in [-0.4, -0.2) is 47.0 Å². The number of nitrogens with zero attached hydrogens (tertiary/aromatic N) is 4. The van der Waals surface area contributed by atoms with Gasteiger partial charge in [0.1, 0.15) is 16.5 Å². The highest BCUT2D eigenvalue weighted by Crippen LogP contribution is 2.24. The molecule has 5 nitrogen and oxygen atoms in total. The van der Waals surface area contributed by atoms with Crippen molar-refractivity contribution in [1.29, 1.82) is 0 Å². The highest BCUT2D eigenvalue weighted by molar-refractivity contribution is 9.10. The molecule has 2 aromatic heterocycles. The van der Waals surface area contributed by atoms with Gasteiger partial charge in [0, 0.05) is 43.3 Å². The molecule has 1 fully saturated rings. The third kappa shape index (κ3) is 4.64. The summed E-state index contributed by atoms with van der Waals surface area (Å²) in [6, 6.07) is 10.4. The van der Waals surface area contributed by atoms with Crippen molar-refractivity contribution in [3.63, 3.8) is 0 Å². The van der Waals surface area contributed by atoms with Crippen LogP contribution in [0.3, 0.4) is 0 Å². The molecule has 0 aliphatic carbocycles. The van der Waals surface area contributed by atoms with E-state index in [1.807, 2.05) is 24.0 Å². The first kappa shape index (κ1) is 20.0. The van der Waals surface area contributed by atoms with Gasteiger partial charge in [0.15, 0.2) is 0 Å². The van der Waals surface area contributed by atoms with Gasteiger partial charge in [-0.3, -0.25) is 4.79 Å². The van der Waals surface area contributed by atoms with E-state index in [4.69, 9.17) is 0 Å². The van der Waals surface area contributed by atoms with Gasteiger partial charge in [0.05, 0.1) is 10.7 Å². The number of hydrogen-bond acceptors (Lipinski definition) is 5. The molecule has 0 bridgehead atoms.